The smallest absolute Gasteiger partial charge is 0.286 e. The van der Waals surface area contributed by atoms with Crippen molar-refractivity contribution in [2.75, 3.05) is 27.2 Å². The van der Waals surface area contributed by atoms with E-state index in [1.165, 1.54) is 44.3 Å². The van der Waals surface area contributed by atoms with E-state index in [2.05, 4.69) is 10.3 Å². The number of furan rings is 1. The fraction of sp³-hybridized carbons (Fsp3) is 0.381. The Hall–Kier alpha value is -2.63. The fourth-order valence-corrected chi connectivity index (χ4v) is 5.00. The Labute approximate surface area is 191 Å². The van der Waals surface area contributed by atoms with Crippen LogP contribution in [0.2, 0.25) is 0 Å². The molecule has 1 unspecified atom stereocenters. The number of amides is 2. The zero-order chi connectivity index (χ0) is 23.3. The molecule has 2 heterocycles. The van der Waals surface area contributed by atoms with Crippen LogP contribution in [0.15, 0.2) is 57.0 Å². The topological polar surface area (TPSA) is 112 Å². The quantitative estimate of drug-likeness (QED) is 0.584. The number of hydrogen-bond acceptors (Lipinski definition) is 7. The van der Waals surface area contributed by atoms with E-state index >= 15 is 0 Å². The standard InChI is InChI=1S/C21H26N4O5S2/c1-15-14-25(19(26)10-5-11-22-20(27)18-9-6-12-30-18)21(31-15)23-16-7-4-8-17(13-16)32(28,29)24(2)3/h4,6-9,12-13,15H,5,10-11,14H2,1-3H3,(H,22,27). The minimum atomic E-state index is -3.58. The average Bonchev–Trinajstić information content (AvgIpc) is 3.41. The normalized spacial score (nSPS) is 17.8. The summed E-state index contributed by atoms with van der Waals surface area (Å²) in [5, 5.41) is 3.43. The Balaban J connectivity index is 1.64. The van der Waals surface area contributed by atoms with Gasteiger partial charge < -0.3 is 9.73 Å². The van der Waals surface area contributed by atoms with E-state index in [-0.39, 0.29) is 34.1 Å². The number of thioether (sulfide) groups is 1. The van der Waals surface area contributed by atoms with Gasteiger partial charge in [0.15, 0.2) is 10.9 Å². The van der Waals surface area contributed by atoms with Crippen LogP contribution in [-0.2, 0) is 14.8 Å². The largest absolute Gasteiger partial charge is 0.459 e. The molecular formula is C21H26N4O5S2. The van der Waals surface area contributed by atoms with Gasteiger partial charge in [-0.05, 0) is 36.8 Å². The van der Waals surface area contributed by atoms with Crippen molar-refractivity contribution in [3.05, 3.63) is 48.4 Å². The molecule has 1 saturated heterocycles. The summed E-state index contributed by atoms with van der Waals surface area (Å²) in [6, 6.07) is 9.56. The molecule has 1 aromatic carbocycles. The molecule has 0 bridgehead atoms. The maximum absolute atomic E-state index is 12.8. The molecule has 3 rings (SSSR count). The molecule has 1 aliphatic heterocycles. The Morgan fingerprint density at radius 1 is 1.28 bits per heavy atom. The van der Waals surface area contributed by atoms with Crippen molar-refractivity contribution in [2.45, 2.75) is 29.9 Å². The van der Waals surface area contributed by atoms with E-state index in [1.54, 1.807) is 29.2 Å². The Morgan fingerprint density at radius 2 is 2.06 bits per heavy atom. The lowest BCUT2D eigenvalue weighted by molar-refractivity contribution is -0.127. The van der Waals surface area contributed by atoms with Crippen LogP contribution in [0.1, 0.15) is 30.3 Å². The van der Waals surface area contributed by atoms with E-state index in [4.69, 9.17) is 4.42 Å². The zero-order valence-electron chi connectivity index (χ0n) is 18.1. The highest BCUT2D eigenvalue weighted by Gasteiger charge is 2.30. The summed E-state index contributed by atoms with van der Waals surface area (Å²) < 4.78 is 31.0. The van der Waals surface area contributed by atoms with E-state index in [1.807, 2.05) is 6.92 Å². The number of carbonyl (C=O) groups is 2. The molecule has 1 fully saturated rings. The molecular weight excluding hydrogens is 452 g/mol. The summed E-state index contributed by atoms with van der Waals surface area (Å²) in [7, 11) is -0.632. The third kappa shape index (κ3) is 5.78. The van der Waals surface area contributed by atoms with Crippen LogP contribution >= 0.6 is 11.8 Å². The number of nitrogens with one attached hydrogen (secondary N) is 1. The zero-order valence-corrected chi connectivity index (χ0v) is 19.8. The van der Waals surface area contributed by atoms with Gasteiger partial charge in [-0.25, -0.2) is 17.7 Å². The van der Waals surface area contributed by atoms with Gasteiger partial charge in [0.05, 0.1) is 16.8 Å². The highest BCUT2D eigenvalue weighted by atomic mass is 32.2. The van der Waals surface area contributed by atoms with Crippen molar-refractivity contribution in [3.63, 3.8) is 0 Å². The summed E-state index contributed by atoms with van der Waals surface area (Å²) in [5.41, 5.74) is 0.466. The molecule has 11 heteroatoms. The lowest BCUT2D eigenvalue weighted by Gasteiger charge is -2.16. The molecule has 9 nitrogen and oxygen atoms in total. The number of benzene rings is 1. The molecule has 0 aliphatic carbocycles. The molecule has 2 aromatic rings. The molecule has 0 radical (unpaired) electrons. The Bertz CT molecular complexity index is 1100. The van der Waals surface area contributed by atoms with Crippen molar-refractivity contribution in [3.8, 4) is 0 Å². The van der Waals surface area contributed by atoms with Crippen LogP contribution in [0.4, 0.5) is 5.69 Å². The van der Waals surface area contributed by atoms with Crippen LogP contribution in [0, 0.1) is 0 Å². The van der Waals surface area contributed by atoms with Gasteiger partial charge >= 0.3 is 0 Å². The van der Waals surface area contributed by atoms with Gasteiger partial charge in [0.25, 0.3) is 5.91 Å². The van der Waals surface area contributed by atoms with Crippen molar-refractivity contribution < 1.29 is 22.4 Å². The Morgan fingerprint density at radius 3 is 2.75 bits per heavy atom. The number of rotatable bonds is 8. The van der Waals surface area contributed by atoms with Crippen LogP contribution in [0.3, 0.4) is 0 Å². The molecule has 32 heavy (non-hydrogen) atoms. The maximum atomic E-state index is 12.8. The number of carbonyl (C=O) groups excluding carboxylic acids is 2. The number of hydrogen-bond donors (Lipinski definition) is 1. The second-order valence-corrected chi connectivity index (χ2v) is 11.0. The lowest BCUT2D eigenvalue weighted by Crippen LogP contribution is -2.33. The molecule has 1 atom stereocenters. The monoisotopic (exact) mass is 478 g/mol. The number of aliphatic imine (C=N–C) groups is 1. The van der Waals surface area contributed by atoms with Gasteiger partial charge in [-0.2, -0.15) is 0 Å². The first-order chi connectivity index (χ1) is 15.2. The highest BCUT2D eigenvalue weighted by molar-refractivity contribution is 8.14. The maximum Gasteiger partial charge on any atom is 0.286 e. The van der Waals surface area contributed by atoms with Gasteiger partial charge in [-0.1, -0.05) is 24.8 Å². The lowest BCUT2D eigenvalue weighted by atomic mass is 10.2. The van der Waals surface area contributed by atoms with Crippen LogP contribution in [0.5, 0.6) is 0 Å². The van der Waals surface area contributed by atoms with Gasteiger partial charge in [0.1, 0.15) is 0 Å². The number of nitrogens with zero attached hydrogens (tertiary/aromatic N) is 3. The minimum Gasteiger partial charge on any atom is -0.459 e. The molecule has 1 aromatic heterocycles. The molecule has 0 spiro atoms. The van der Waals surface area contributed by atoms with Crippen molar-refractivity contribution in [2.24, 2.45) is 4.99 Å². The van der Waals surface area contributed by atoms with E-state index in [0.29, 0.717) is 30.4 Å². The number of sulfonamides is 1. The third-order valence-electron chi connectivity index (χ3n) is 4.70. The summed E-state index contributed by atoms with van der Waals surface area (Å²) >= 11 is 1.47. The first-order valence-corrected chi connectivity index (χ1v) is 12.4. The summed E-state index contributed by atoms with van der Waals surface area (Å²) in [6.07, 6.45) is 2.15. The minimum absolute atomic E-state index is 0.0927. The summed E-state index contributed by atoms with van der Waals surface area (Å²) in [4.78, 5) is 31.0. The molecule has 1 N–H and O–H groups in total. The SMILES string of the molecule is CC1CN(C(=O)CCCNC(=O)c2ccco2)C(=Nc2cccc(S(=O)(=O)N(C)C)c2)S1. The van der Waals surface area contributed by atoms with E-state index in [9.17, 15) is 18.0 Å². The van der Waals surface area contributed by atoms with E-state index < -0.39 is 10.0 Å². The second kappa shape index (κ2) is 10.3. The van der Waals surface area contributed by atoms with Crippen LogP contribution < -0.4 is 5.32 Å². The number of amidine groups is 1. The molecule has 172 valence electrons. The summed E-state index contributed by atoms with van der Waals surface area (Å²) in [5.74, 6) is -0.179. The Kier molecular flexibility index (Phi) is 7.75. The fourth-order valence-electron chi connectivity index (χ4n) is 3.02. The van der Waals surface area contributed by atoms with Gasteiger partial charge in [0, 0.05) is 38.9 Å². The highest BCUT2D eigenvalue weighted by Crippen LogP contribution is 2.29. The summed E-state index contributed by atoms with van der Waals surface area (Å²) in [6.45, 7) is 2.87. The van der Waals surface area contributed by atoms with Crippen LogP contribution in [-0.4, -0.2) is 67.0 Å². The van der Waals surface area contributed by atoms with Crippen molar-refractivity contribution >= 4 is 44.5 Å². The van der Waals surface area contributed by atoms with Gasteiger partial charge in [-0.3, -0.25) is 14.5 Å². The molecule has 2 amide bonds. The van der Waals surface area contributed by atoms with Crippen molar-refractivity contribution in [1.82, 2.24) is 14.5 Å². The first kappa shape index (κ1) is 24.0. The predicted molar refractivity (Wildman–Crippen MR) is 123 cm³/mol. The predicted octanol–water partition coefficient (Wildman–Crippen LogP) is 2.69. The van der Waals surface area contributed by atoms with Gasteiger partial charge in [0.2, 0.25) is 15.9 Å². The van der Waals surface area contributed by atoms with Gasteiger partial charge in [-0.15, -0.1) is 0 Å². The molecule has 1 aliphatic rings. The first-order valence-electron chi connectivity index (χ1n) is 10.1. The average molecular weight is 479 g/mol. The third-order valence-corrected chi connectivity index (χ3v) is 7.58. The van der Waals surface area contributed by atoms with E-state index in [0.717, 1.165) is 4.31 Å². The molecule has 0 saturated carbocycles. The van der Waals surface area contributed by atoms with Crippen LogP contribution in [0.25, 0.3) is 0 Å². The second-order valence-electron chi connectivity index (χ2n) is 7.45. The van der Waals surface area contributed by atoms with Crippen molar-refractivity contribution in [1.29, 1.82) is 0 Å².